The molecule has 0 aliphatic heterocycles. The summed E-state index contributed by atoms with van der Waals surface area (Å²) in [6.07, 6.45) is 11.9. The third-order valence-corrected chi connectivity index (χ3v) is 8.93. The van der Waals surface area contributed by atoms with E-state index < -0.39 is 0 Å². The van der Waals surface area contributed by atoms with E-state index in [-0.39, 0.29) is 5.97 Å². The molecule has 0 N–H and O–H groups in total. The van der Waals surface area contributed by atoms with Gasteiger partial charge in [0, 0.05) is 23.9 Å². The van der Waals surface area contributed by atoms with E-state index in [1.165, 1.54) is 41.7 Å². The number of esters is 1. The second kappa shape index (κ2) is 15.7. The zero-order valence-corrected chi connectivity index (χ0v) is 25.0. The van der Waals surface area contributed by atoms with Gasteiger partial charge in [-0.2, -0.15) is 0 Å². The summed E-state index contributed by atoms with van der Waals surface area (Å²) in [6, 6.07) is 11.3. The van der Waals surface area contributed by atoms with Crippen LogP contribution < -0.4 is 4.74 Å². The minimum atomic E-state index is -0.0699. The number of benzene rings is 1. The summed E-state index contributed by atoms with van der Waals surface area (Å²) >= 11 is 1.86. The minimum absolute atomic E-state index is 0.0699. The SMILES string of the molecule is CCCN(CCc1cccs1)C1CCc2c(cccc2OC(=O)CCCC(C)CCC(C)CC(C)C)C1. The molecule has 0 saturated carbocycles. The van der Waals surface area contributed by atoms with Gasteiger partial charge in [-0.15, -0.1) is 11.3 Å². The summed E-state index contributed by atoms with van der Waals surface area (Å²) in [6.45, 7) is 13.9. The number of carbonyl (C=O) groups is 1. The zero-order valence-electron chi connectivity index (χ0n) is 24.1. The molecule has 3 unspecified atom stereocenters. The van der Waals surface area contributed by atoms with Crippen molar-refractivity contribution in [2.75, 3.05) is 13.1 Å². The fourth-order valence-electron chi connectivity index (χ4n) is 6.04. The van der Waals surface area contributed by atoms with E-state index in [1.54, 1.807) is 0 Å². The number of fused-ring (bicyclic) bond motifs is 1. The molecule has 0 amide bonds. The molecule has 0 fully saturated rings. The molecule has 1 aromatic heterocycles. The summed E-state index contributed by atoms with van der Waals surface area (Å²) in [4.78, 5) is 16.9. The predicted molar refractivity (Wildman–Crippen MR) is 159 cm³/mol. The number of nitrogens with zero attached hydrogens (tertiary/aromatic N) is 1. The Kier molecular flexibility index (Phi) is 12.7. The van der Waals surface area contributed by atoms with E-state index in [9.17, 15) is 4.79 Å². The second-order valence-electron chi connectivity index (χ2n) is 11.9. The standard InChI is InChI=1S/C33H51NO2S/c1-6-20-34(21-19-30-12-9-22-37-30)29-17-18-31-28(24-29)11-8-13-32(31)36-33(35)14-7-10-26(4)15-16-27(5)23-25(2)3/h8-9,11-13,22,25-27,29H,6-7,10,14-21,23-24H2,1-5H3. The number of thiophene rings is 1. The first kappa shape index (κ1) is 29.9. The summed E-state index contributed by atoms with van der Waals surface area (Å²) in [5, 5.41) is 2.18. The van der Waals surface area contributed by atoms with Gasteiger partial charge in [0.25, 0.3) is 0 Å². The average Bonchev–Trinajstić information content (AvgIpc) is 3.38. The topological polar surface area (TPSA) is 29.5 Å². The Balaban J connectivity index is 1.46. The average molecular weight is 526 g/mol. The number of hydrogen-bond donors (Lipinski definition) is 0. The predicted octanol–water partition coefficient (Wildman–Crippen LogP) is 8.73. The molecule has 1 heterocycles. The quantitative estimate of drug-likeness (QED) is 0.162. The lowest BCUT2D eigenvalue weighted by molar-refractivity contribution is -0.134. The molecule has 0 saturated heterocycles. The van der Waals surface area contributed by atoms with Crippen molar-refractivity contribution in [2.45, 2.75) is 111 Å². The zero-order chi connectivity index (χ0) is 26.6. The van der Waals surface area contributed by atoms with E-state index in [0.29, 0.717) is 18.4 Å². The lowest BCUT2D eigenvalue weighted by Gasteiger charge is -2.35. The van der Waals surface area contributed by atoms with Gasteiger partial charge in [0.05, 0.1) is 0 Å². The Bertz CT molecular complexity index is 922. The molecule has 1 aliphatic rings. The fraction of sp³-hybridized carbons (Fsp3) is 0.667. The highest BCUT2D eigenvalue weighted by Crippen LogP contribution is 2.32. The van der Waals surface area contributed by atoms with Crippen LogP contribution >= 0.6 is 11.3 Å². The Hall–Kier alpha value is -1.65. The molecule has 0 bridgehead atoms. The maximum atomic E-state index is 12.7. The summed E-state index contributed by atoms with van der Waals surface area (Å²) in [5.41, 5.74) is 2.62. The van der Waals surface area contributed by atoms with Crippen molar-refractivity contribution >= 4 is 17.3 Å². The van der Waals surface area contributed by atoms with Crippen LogP contribution in [0.15, 0.2) is 35.7 Å². The van der Waals surface area contributed by atoms with Crippen LogP contribution in [0.3, 0.4) is 0 Å². The van der Waals surface area contributed by atoms with Crippen molar-refractivity contribution in [1.29, 1.82) is 0 Å². The third-order valence-electron chi connectivity index (χ3n) is 7.99. The molecule has 206 valence electrons. The molecule has 1 aromatic carbocycles. The second-order valence-corrected chi connectivity index (χ2v) is 13.0. The monoisotopic (exact) mass is 525 g/mol. The molecule has 2 aromatic rings. The molecular formula is C33H51NO2S. The van der Waals surface area contributed by atoms with Crippen LogP contribution in [0, 0.1) is 17.8 Å². The molecule has 37 heavy (non-hydrogen) atoms. The van der Waals surface area contributed by atoms with Gasteiger partial charge < -0.3 is 4.74 Å². The van der Waals surface area contributed by atoms with E-state index in [1.807, 2.05) is 17.4 Å². The number of ether oxygens (including phenoxy) is 1. The highest BCUT2D eigenvalue weighted by atomic mass is 32.1. The van der Waals surface area contributed by atoms with Crippen molar-refractivity contribution in [3.05, 3.63) is 51.7 Å². The van der Waals surface area contributed by atoms with Gasteiger partial charge >= 0.3 is 5.97 Å². The smallest absolute Gasteiger partial charge is 0.311 e. The van der Waals surface area contributed by atoms with Crippen LogP contribution in [0.5, 0.6) is 5.75 Å². The fourth-order valence-corrected chi connectivity index (χ4v) is 6.74. The van der Waals surface area contributed by atoms with Crippen molar-refractivity contribution in [3.8, 4) is 5.75 Å². The van der Waals surface area contributed by atoms with E-state index in [0.717, 1.165) is 69.2 Å². The highest BCUT2D eigenvalue weighted by molar-refractivity contribution is 7.09. The first-order valence-electron chi connectivity index (χ1n) is 14.9. The lowest BCUT2D eigenvalue weighted by Crippen LogP contribution is -2.41. The molecule has 4 heteroatoms. The van der Waals surface area contributed by atoms with E-state index >= 15 is 0 Å². The number of carbonyl (C=O) groups excluding carboxylic acids is 1. The van der Waals surface area contributed by atoms with Gasteiger partial charge in [-0.05, 0) is 97.9 Å². The minimum Gasteiger partial charge on any atom is -0.426 e. The normalized spacial score (nSPS) is 17.1. The Labute approximate surface area is 231 Å². The van der Waals surface area contributed by atoms with Crippen molar-refractivity contribution in [2.24, 2.45) is 17.8 Å². The summed E-state index contributed by atoms with van der Waals surface area (Å²) < 4.78 is 5.93. The van der Waals surface area contributed by atoms with Gasteiger partial charge in [-0.25, -0.2) is 0 Å². The van der Waals surface area contributed by atoms with Crippen LogP contribution in [-0.2, 0) is 24.1 Å². The third kappa shape index (κ3) is 10.2. The molecule has 0 radical (unpaired) electrons. The Morgan fingerprint density at radius 1 is 1.05 bits per heavy atom. The maximum Gasteiger partial charge on any atom is 0.311 e. The number of rotatable bonds is 16. The van der Waals surface area contributed by atoms with Crippen LogP contribution in [0.4, 0.5) is 0 Å². The summed E-state index contributed by atoms with van der Waals surface area (Å²) in [7, 11) is 0. The van der Waals surface area contributed by atoms with Crippen molar-refractivity contribution in [3.63, 3.8) is 0 Å². The molecule has 0 spiro atoms. The Morgan fingerprint density at radius 3 is 2.59 bits per heavy atom. The van der Waals surface area contributed by atoms with E-state index in [4.69, 9.17) is 4.74 Å². The number of hydrogen-bond acceptors (Lipinski definition) is 4. The van der Waals surface area contributed by atoms with Crippen LogP contribution in [0.1, 0.15) is 102 Å². The molecule has 3 rings (SSSR count). The van der Waals surface area contributed by atoms with Crippen molar-refractivity contribution < 1.29 is 9.53 Å². The van der Waals surface area contributed by atoms with Gasteiger partial charge in [-0.1, -0.05) is 72.1 Å². The van der Waals surface area contributed by atoms with Crippen LogP contribution in [-0.4, -0.2) is 30.0 Å². The first-order chi connectivity index (χ1) is 17.9. The highest BCUT2D eigenvalue weighted by Gasteiger charge is 2.26. The molecule has 3 nitrogen and oxygen atoms in total. The van der Waals surface area contributed by atoms with Crippen LogP contribution in [0.2, 0.25) is 0 Å². The van der Waals surface area contributed by atoms with E-state index in [2.05, 4.69) is 69.2 Å². The van der Waals surface area contributed by atoms with Crippen molar-refractivity contribution in [1.82, 2.24) is 4.90 Å². The van der Waals surface area contributed by atoms with Gasteiger partial charge in [-0.3, -0.25) is 9.69 Å². The molecular weight excluding hydrogens is 474 g/mol. The molecule has 1 aliphatic carbocycles. The maximum absolute atomic E-state index is 12.7. The van der Waals surface area contributed by atoms with Crippen LogP contribution in [0.25, 0.3) is 0 Å². The van der Waals surface area contributed by atoms with Gasteiger partial charge in [0.2, 0.25) is 0 Å². The van der Waals surface area contributed by atoms with Gasteiger partial charge in [0.15, 0.2) is 0 Å². The van der Waals surface area contributed by atoms with Gasteiger partial charge in [0.1, 0.15) is 5.75 Å². The lowest BCUT2D eigenvalue weighted by atomic mass is 9.86. The largest absolute Gasteiger partial charge is 0.426 e. The first-order valence-corrected chi connectivity index (χ1v) is 15.8. The Morgan fingerprint density at radius 2 is 1.86 bits per heavy atom. The molecule has 3 atom stereocenters. The summed E-state index contributed by atoms with van der Waals surface area (Å²) in [5.74, 6) is 2.99.